The monoisotopic (exact) mass is 770 g/mol. The van der Waals surface area contributed by atoms with Gasteiger partial charge in [0.25, 0.3) is 0 Å². The van der Waals surface area contributed by atoms with Crippen LogP contribution in [-0.2, 0) is 0 Å². The number of benzene rings is 5. The summed E-state index contributed by atoms with van der Waals surface area (Å²) in [6.07, 6.45) is 11.1. The number of aromatic nitrogens is 2. The smallest absolute Gasteiger partial charge is 0.0737 e. The first kappa shape index (κ1) is 35.6. The number of aryl methyl sites for hydroxylation is 4. The van der Waals surface area contributed by atoms with Gasteiger partial charge in [-0.1, -0.05) is 144 Å². The molecule has 0 unspecified atom stereocenters. The Bertz CT molecular complexity index is 3170. The number of rotatable bonds is 4. The number of nitrogens with zero attached hydrogens (tertiary/aromatic N) is 3. The maximum absolute atomic E-state index is 5.59. The van der Waals surface area contributed by atoms with Crippen molar-refractivity contribution in [3.8, 4) is 0 Å². The fourth-order valence-corrected chi connectivity index (χ4v) is 8.87. The van der Waals surface area contributed by atoms with Crippen molar-refractivity contribution in [2.24, 2.45) is 9.98 Å². The van der Waals surface area contributed by atoms with Crippen LogP contribution >= 0.6 is 0 Å². The molecule has 6 heterocycles. The standard InChI is InChI=1S/C56H42N4/c1-34-9-17-38(18-10-34)53-44-32-52(60-33-43-8-6-5-7-42(43)31-51(44)60)56(41-23-15-37(4)16-24-41)50-30-29-49(59-50)55(40-21-13-36(3)14-22-40)48-28-27-47(58-48)54(46-26-25-45(53)57-46)39-19-11-35(2)12-20-39/h5-33,58H,1-4H3. The van der Waals surface area contributed by atoms with E-state index in [-0.39, 0.29) is 0 Å². The number of aliphatic imine (C=N–C) groups is 2. The van der Waals surface area contributed by atoms with E-state index in [1.165, 1.54) is 33.0 Å². The van der Waals surface area contributed by atoms with Gasteiger partial charge in [0.15, 0.2) is 0 Å². The highest BCUT2D eigenvalue weighted by molar-refractivity contribution is 6.31. The van der Waals surface area contributed by atoms with E-state index in [0.717, 1.165) is 94.8 Å². The van der Waals surface area contributed by atoms with Crippen molar-refractivity contribution >= 4 is 50.0 Å². The van der Waals surface area contributed by atoms with Crippen LogP contribution in [-0.4, -0.2) is 20.8 Å². The van der Waals surface area contributed by atoms with E-state index >= 15 is 0 Å². The zero-order valence-electron chi connectivity index (χ0n) is 34.1. The fourth-order valence-electron chi connectivity index (χ4n) is 8.87. The summed E-state index contributed by atoms with van der Waals surface area (Å²) in [5, 5.41) is 4.34. The van der Waals surface area contributed by atoms with Crippen molar-refractivity contribution in [2.45, 2.75) is 27.7 Å². The molecular weight excluding hydrogens is 729 g/mol. The van der Waals surface area contributed by atoms with Crippen LogP contribution in [0.4, 0.5) is 0 Å². The number of H-pyrrole nitrogens is 1. The molecule has 3 aromatic heterocycles. The van der Waals surface area contributed by atoms with Gasteiger partial charge in [-0.15, -0.1) is 0 Å². The minimum atomic E-state index is 0.906. The second-order valence-electron chi connectivity index (χ2n) is 16.3. The molecule has 0 saturated carbocycles. The predicted molar refractivity (Wildman–Crippen MR) is 250 cm³/mol. The van der Waals surface area contributed by atoms with Gasteiger partial charge in [0.05, 0.1) is 34.0 Å². The third-order valence-corrected chi connectivity index (χ3v) is 12.0. The highest BCUT2D eigenvalue weighted by Gasteiger charge is 2.26. The Kier molecular flexibility index (Phi) is 8.35. The Morgan fingerprint density at radius 3 is 1.35 bits per heavy atom. The van der Waals surface area contributed by atoms with E-state index in [9.17, 15) is 0 Å². The molecular formula is C56H42N4. The number of hydrogen-bond donors (Lipinski definition) is 1. The Morgan fingerprint density at radius 1 is 0.417 bits per heavy atom. The van der Waals surface area contributed by atoms with Crippen molar-refractivity contribution in [1.29, 1.82) is 0 Å². The lowest BCUT2D eigenvalue weighted by Crippen LogP contribution is -2.21. The molecule has 3 aliphatic heterocycles. The minimum absolute atomic E-state index is 0.906. The number of nitrogens with one attached hydrogen (secondary N) is 1. The quantitative estimate of drug-likeness (QED) is 0.185. The second kappa shape index (κ2) is 14.1. The minimum Gasteiger partial charge on any atom is -0.354 e. The molecule has 8 bridgehead atoms. The van der Waals surface area contributed by atoms with Crippen molar-refractivity contribution in [3.63, 3.8) is 0 Å². The third kappa shape index (κ3) is 6.08. The summed E-state index contributed by atoms with van der Waals surface area (Å²) >= 11 is 0. The summed E-state index contributed by atoms with van der Waals surface area (Å²) in [6.45, 7) is 8.55. The zero-order chi connectivity index (χ0) is 40.5. The lowest BCUT2D eigenvalue weighted by atomic mass is 9.94. The van der Waals surface area contributed by atoms with Gasteiger partial charge in [-0.25, -0.2) is 9.98 Å². The molecule has 11 rings (SSSR count). The number of allylic oxidation sites excluding steroid dienone is 4. The summed E-state index contributed by atoms with van der Waals surface area (Å²) in [6, 6.07) is 53.0. The average molecular weight is 771 g/mol. The second-order valence-corrected chi connectivity index (χ2v) is 16.3. The van der Waals surface area contributed by atoms with E-state index in [4.69, 9.17) is 9.98 Å². The molecule has 5 aromatic carbocycles. The summed E-state index contributed by atoms with van der Waals surface area (Å²) < 4.78 is 2.38. The molecule has 0 saturated heterocycles. The first-order valence-corrected chi connectivity index (χ1v) is 20.6. The van der Waals surface area contributed by atoms with Crippen molar-refractivity contribution in [1.82, 2.24) is 9.38 Å². The van der Waals surface area contributed by atoms with Gasteiger partial charge in [0.1, 0.15) is 0 Å². The zero-order valence-corrected chi connectivity index (χ0v) is 34.1. The summed E-state index contributed by atoms with van der Waals surface area (Å²) in [5.74, 6) is 0. The lowest BCUT2D eigenvalue weighted by molar-refractivity contribution is 1.17. The van der Waals surface area contributed by atoms with E-state index in [1.807, 2.05) is 0 Å². The third-order valence-electron chi connectivity index (χ3n) is 12.0. The van der Waals surface area contributed by atoms with E-state index in [1.54, 1.807) is 0 Å². The van der Waals surface area contributed by atoms with Gasteiger partial charge < -0.3 is 9.38 Å². The highest BCUT2D eigenvalue weighted by atomic mass is 14.9. The molecule has 0 radical (unpaired) electrons. The van der Waals surface area contributed by atoms with Gasteiger partial charge in [-0.3, -0.25) is 0 Å². The van der Waals surface area contributed by atoms with Crippen LogP contribution in [0.15, 0.2) is 197 Å². The Morgan fingerprint density at radius 2 is 0.850 bits per heavy atom. The van der Waals surface area contributed by atoms with Gasteiger partial charge in [-0.05, 0) is 109 Å². The number of fused-ring (bicyclic) bond motifs is 10. The molecule has 3 aliphatic rings. The molecule has 0 atom stereocenters. The van der Waals surface area contributed by atoms with Crippen LogP contribution < -0.4 is 10.7 Å². The fraction of sp³-hybridized carbons (Fsp3) is 0.0714. The van der Waals surface area contributed by atoms with Crippen molar-refractivity contribution < 1.29 is 0 Å². The molecule has 0 aliphatic carbocycles. The van der Waals surface area contributed by atoms with Gasteiger partial charge in [0, 0.05) is 44.8 Å². The normalized spacial score (nSPS) is 14.9. The van der Waals surface area contributed by atoms with Crippen molar-refractivity contribution in [3.05, 3.63) is 254 Å². The molecule has 0 fully saturated rings. The first-order chi connectivity index (χ1) is 29.3. The Hall–Kier alpha value is -7.56. The maximum Gasteiger partial charge on any atom is 0.0737 e. The maximum atomic E-state index is 5.59. The van der Waals surface area contributed by atoms with E-state index in [0.29, 0.717) is 0 Å². The molecule has 0 amide bonds. The van der Waals surface area contributed by atoms with Crippen LogP contribution in [0.25, 0.3) is 38.6 Å². The topological polar surface area (TPSA) is 44.9 Å². The van der Waals surface area contributed by atoms with Crippen LogP contribution in [0, 0.1) is 27.7 Å². The molecule has 8 aromatic rings. The molecule has 286 valence electrons. The van der Waals surface area contributed by atoms with Gasteiger partial charge in [0.2, 0.25) is 0 Å². The number of pyridine rings is 1. The highest BCUT2D eigenvalue weighted by Crippen LogP contribution is 2.41. The largest absolute Gasteiger partial charge is 0.354 e. The lowest BCUT2D eigenvalue weighted by Gasteiger charge is -2.13. The SMILES string of the molecule is Cc1ccc(C2=C3C=CC(=N3)C(c3ccc(C)cc3)=c3ccc([nH]3)=C(c3ccc(C)cc3)C3=NC(=C(c4ccc(C)cc4)c4cc2c2cc5ccccc5cn42)C=C3)cc1. The average Bonchev–Trinajstić information content (AvgIpc) is 4.10. The predicted octanol–water partition coefficient (Wildman–Crippen LogP) is 11.3. The molecule has 4 nitrogen and oxygen atoms in total. The van der Waals surface area contributed by atoms with Gasteiger partial charge in [-0.2, -0.15) is 0 Å². The summed E-state index contributed by atoms with van der Waals surface area (Å²) in [4.78, 5) is 15.1. The Balaban J connectivity index is 1.33. The number of hydrogen-bond acceptors (Lipinski definition) is 2. The van der Waals surface area contributed by atoms with Crippen LogP contribution in [0.2, 0.25) is 0 Å². The summed E-state index contributed by atoms with van der Waals surface area (Å²) in [5.41, 5.74) is 20.4. The van der Waals surface area contributed by atoms with Crippen LogP contribution in [0.1, 0.15) is 55.8 Å². The van der Waals surface area contributed by atoms with Crippen LogP contribution in [0.5, 0.6) is 0 Å². The Labute approximate surface area is 349 Å². The number of aromatic amines is 1. The van der Waals surface area contributed by atoms with Gasteiger partial charge >= 0.3 is 0 Å². The van der Waals surface area contributed by atoms with Crippen LogP contribution in [0.3, 0.4) is 0 Å². The molecule has 0 spiro atoms. The first-order valence-electron chi connectivity index (χ1n) is 20.6. The molecule has 1 N–H and O–H groups in total. The van der Waals surface area contributed by atoms with Crippen molar-refractivity contribution in [2.75, 3.05) is 0 Å². The van der Waals surface area contributed by atoms with E-state index in [2.05, 4.69) is 213 Å². The molecule has 4 heteroatoms. The van der Waals surface area contributed by atoms with E-state index < -0.39 is 0 Å². The summed E-state index contributed by atoms with van der Waals surface area (Å²) in [7, 11) is 0. The molecule has 60 heavy (non-hydrogen) atoms.